The molecular weight excluding hydrogens is 344 g/mol. The van der Waals surface area contributed by atoms with E-state index in [-0.39, 0.29) is 24.3 Å². The van der Waals surface area contributed by atoms with Gasteiger partial charge in [-0.25, -0.2) is 9.97 Å². The second-order valence-electron chi connectivity index (χ2n) is 6.69. The topological polar surface area (TPSA) is 100 Å². The van der Waals surface area contributed by atoms with Crippen molar-refractivity contribution in [2.24, 2.45) is 0 Å². The molecule has 2 aromatic rings. The van der Waals surface area contributed by atoms with Crippen LogP contribution in [0.4, 0.5) is 11.6 Å². The third-order valence-electron chi connectivity index (χ3n) is 4.66. The van der Waals surface area contributed by atoms with Crippen LogP contribution in [0.15, 0.2) is 30.7 Å². The Morgan fingerprint density at radius 1 is 1.26 bits per heavy atom. The summed E-state index contributed by atoms with van der Waals surface area (Å²) in [6, 6.07) is 3.88. The van der Waals surface area contributed by atoms with Crippen LogP contribution >= 0.6 is 0 Å². The van der Waals surface area contributed by atoms with Crippen LogP contribution in [0.5, 0.6) is 0 Å². The Bertz CT molecular complexity index is 817. The zero-order valence-corrected chi connectivity index (χ0v) is 15.6. The molecule has 1 aliphatic heterocycles. The molecule has 1 fully saturated rings. The third kappa shape index (κ3) is 4.99. The highest BCUT2D eigenvalue weighted by Crippen LogP contribution is 2.27. The van der Waals surface area contributed by atoms with Crippen LogP contribution in [0.25, 0.3) is 0 Å². The molecule has 3 heterocycles. The highest BCUT2D eigenvalue weighted by atomic mass is 16.2. The van der Waals surface area contributed by atoms with Gasteiger partial charge in [-0.2, -0.15) is 0 Å². The van der Waals surface area contributed by atoms with Crippen LogP contribution in [0.1, 0.15) is 36.9 Å². The van der Waals surface area contributed by atoms with E-state index in [4.69, 9.17) is 0 Å². The number of amides is 2. The molecule has 8 nitrogen and oxygen atoms in total. The van der Waals surface area contributed by atoms with Crippen molar-refractivity contribution in [2.45, 2.75) is 32.6 Å². The summed E-state index contributed by atoms with van der Waals surface area (Å²) < 4.78 is 0. The van der Waals surface area contributed by atoms with Crippen LogP contribution in [-0.2, 0) is 9.59 Å². The molecular formula is C19H24N6O2. The molecule has 0 aromatic carbocycles. The van der Waals surface area contributed by atoms with Crippen molar-refractivity contribution >= 4 is 23.5 Å². The Morgan fingerprint density at radius 2 is 2.04 bits per heavy atom. The molecule has 2 N–H and O–H groups in total. The average Bonchev–Trinajstić information content (AvgIpc) is 2.68. The highest BCUT2D eigenvalue weighted by Gasteiger charge is 2.25. The third-order valence-corrected chi connectivity index (χ3v) is 4.66. The van der Waals surface area contributed by atoms with Gasteiger partial charge in [-0.3, -0.25) is 14.6 Å². The molecule has 2 amide bonds. The van der Waals surface area contributed by atoms with E-state index in [0.29, 0.717) is 18.9 Å². The lowest BCUT2D eigenvalue weighted by molar-refractivity contribution is -0.133. The molecule has 27 heavy (non-hydrogen) atoms. The number of anilines is 2. The van der Waals surface area contributed by atoms with Crippen molar-refractivity contribution in [1.29, 1.82) is 0 Å². The lowest BCUT2D eigenvalue weighted by Gasteiger charge is -2.31. The number of carbonyl (C=O) groups excluding carboxylic acids is 2. The zero-order valence-electron chi connectivity index (χ0n) is 15.6. The van der Waals surface area contributed by atoms with Crippen LogP contribution < -0.4 is 10.6 Å². The maximum absolute atomic E-state index is 12.1. The molecule has 0 saturated carbocycles. The first-order valence-corrected chi connectivity index (χ1v) is 9.05. The fraction of sp³-hybridized carbons (Fsp3) is 0.421. The van der Waals surface area contributed by atoms with Crippen molar-refractivity contribution in [3.8, 4) is 0 Å². The summed E-state index contributed by atoms with van der Waals surface area (Å²) in [7, 11) is 0. The second-order valence-corrected chi connectivity index (χ2v) is 6.69. The normalized spacial score (nSPS) is 14.7. The lowest BCUT2D eigenvalue weighted by Crippen LogP contribution is -2.43. The predicted octanol–water partition coefficient (Wildman–Crippen LogP) is 1.77. The minimum absolute atomic E-state index is 0.0456. The van der Waals surface area contributed by atoms with E-state index in [1.807, 2.05) is 19.1 Å². The van der Waals surface area contributed by atoms with Gasteiger partial charge in [-0.05, 0) is 31.4 Å². The summed E-state index contributed by atoms with van der Waals surface area (Å²) in [5.74, 6) is 1.45. The Balaban J connectivity index is 1.59. The van der Waals surface area contributed by atoms with E-state index >= 15 is 0 Å². The van der Waals surface area contributed by atoms with Gasteiger partial charge in [0.15, 0.2) is 0 Å². The monoisotopic (exact) mass is 368 g/mol. The fourth-order valence-corrected chi connectivity index (χ4v) is 3.11. The minimum atomic E-state index is -0.194. The molecule has 1 saturated heterocycles. The number of nitrogens with zero attached hydrogens (tertiary/aromatic N) is 4. The van der Waals surface area contributed by atoms with Crippen molar-refractivity contribution in [2.75, 3.05) is 25.0 Å². The molecule has 0 bridgehead atoms. The van der Waals surface area contributed by atoms with E-state index in [1.54, 1.807) is 23.5 Å². The summed E-state index contributed by atoms with van der Waals surface area (Å²) in [5.41, 5.74) is 1.96. The maximum Gasteiger partial charge on any atom is 0.241 e. The Hall–Kier alpha value is -3.03. The first kappa shape index (κ1) is 18.8. The van der Waals surface area contributed by atoms with Gasteiger partial charge in [-0.15, -0.1) is 0 Å². The number of rotatable bonds is 5. The largest absolute Gasteiger partial charge is 0.347 e. The smallest absolute Gasteiger partial charge is 0.241 e. The number of piperidine rings is 1. The first-order valence-electron chi connectivity index (χ1n) is 9.05. The van der Waals surface area contributed by atoms with Gasteiger partial charge in [-0.1, -0.05) is 6.07 Å². The first-order chi connectivity index (χ1) is 13.0. The van der Waals surface area contributed by atoms with Crippen molar-refractivity contribution in [3.63, 3.8) is 0 Å². The van der Waals surface area contributed by atoms with Crippen molar-refractivity contribution in [3.05, 3.63) is 42.0 Å². The Morgan fingerprint density at radius 3 is 2.74 bits per heavy atom. The number of nitrogens with one attached hydrogen (secondary N) is 2. The summed E-state index contributed by atoms with van der Waals surface area (Å²) in [4.78, 5) is 38.2. The fourth-order valence-electron chi connectivity index (χ4n) is 3.11. The lowest BCUT2D eigenvalue weighted by atomic mass is 9.93. The number of likely N-dealkylation sites (tertiary alicyclic amines) is 1. The maximum atomic E-state index is 12.1. The summed E-state index contributed by atoms with van der Waals surface area (Å²) in [5, 5.41) is 5.77. The SMILES string of the molecule is CC(=O)NCC(=O)N1CCC(c2cncc(Nc3ncccc3C)n2)CC1. The van der Waals surface area contributed by atoms with E-state index in [9.17, 15) is 9.59 Å². The van der Waals surface area contributed by atoms with E-state index in [1.165, 1.54) is 6.92 Å². The standard InChI is InChI=1S/C19H24N6O2/c1-13-4-3-7-21-19(13)24-17-11-20-10-16(23-17)15-5-8-25(9-6-15)18(27)12-22-14(2)26/h3-4,7,10-11,15H,5-6,8-9,12H2,1-2H3,(H,22,26)(H,21,23,24). The van der Waals surface area contributed by atoms with Gasteiger partial charge < -0.3 is 15.5 Å². The summed E-state index contributed by atoms with van der Waals surface area (Å²) >= 11 is 0. The van der Waals surface area contributed by atoms with Crippen LogP contribution in [0.2, 0.25) is 0 Å². The Labute approximate surface area is 158 Å². The summed E-state index contributed by atoms with van der Waals surface area (Å²) in [6.07, 6.45) is 6.86. The molecule has 0 radical (unpaired) electrons. The van der Waals surface area contributed by atoms with Crippen molar-refractivity contribution in [1.82, 2.24) is 25.2 Å². The van der Waals surface area contributed by atoms with Gasteiger partial charge in [0, 0.05) is 38.3 Å². The van der Waals surface area contributed by atoms with Crippen LogP contribution in [-0.4, -0.2) is 51.3 Å². The van der Waals surface area contributed by atoms with E-state index < -0.39 is 0 Å². The average molecular weight is 368 g/mol. The van der Waals surface area contributed by atoms with Gasteiger partial charge in [0.25, 0.3) is 0 Å². The van der Waals surface area contributed by atoms with E-state index in [0.717, 1.165) is 29.9 Å². The molecule has 3 rings (SSSR count). The van der Waals surface area contributed by atoms with Gasteiger partial charge in [0.2, 0.25) is 11.8 Å². The predicted molar refractivity (Wildman–Crippen MR) is 102 cm³/mol. The molecule has 142 valence electrons. The number of carbonyl (C=O) groups is 2. The number of hydrogen-bond donors (Lipinski definition) is 2. The molecule has 0 spiro atoms. The Kier molecular flexibility index (Phi) is 5.95. The molecule has 0 unspecified atom stereocenters. The zero-order chi connectivity index (χ0) is 19.2. The number of hydrogen-bond acceptors (Lipinski definition) is 6. The van der Waals surface area contributed by atoms with Crippen LogP contribution in [0, 0.1) is 6.92 Å². The number of aryl methyl sites for hydroxylation is 1. The highest BCUT2D eigenvalue weighted by molar-refractivity contribution is 5.83. The number of aromatic nitrogens is 3. The molecule has 0 atom stereocenters. The quantitative estimate of drug-likeness (QED) is 0.834. The minimum Gasteiger partial charge on any atom is -0.347 e. The van der Waals surface area contributed by atoms with Crippen molar-refractivity contribution < 1.29 is 9.59 Å². The van der Waals surface area contributed by atoms with Gasteiger partial charge in [0.05, 0.1) is 18.4 Å². The van der Waals surface area contributed by atoms with E-state index in [2.05, 4.69) is 25.6 Å². The van der Waals surface area contributed by atoms with Gasteiger partial charge in [0.1, 0.15) is 11.6 Å². The molecule has 2 aromatic heterocycles. The molecule has 1 aliphatic rings. The molecule has 0 aliphatic carbocycles. The summed E-state index contributed by atoms with van der Waals surface area (Å²) in [6.45, 7) is 4.76. The molecule has 8 heteroatoms. The second kappa shape index (κ2) is 8.57. The van der Waals surface area contributed by atoms with Gasteiger partial charge >= 0.3 is 0 Å². The van der Waals surface area contributed by atoms with Crippen LogP contribution in [0.3, 0.4) is 0 Å². The number of pyridine rings is 1.